The minimum absolute atomic E-state index is 0.687. The minimum atomic E-state index is -0.814. The Hall–Kier alpha value is -1.26. The molecule has 0 aliphatic rings. The highest BCUT2D eigenvalue weighted by Gasteiger charge is 2.20. The number of unbranched alkanes of at least 4 members (excludes halogenated alkanes) is 1. The zero-order valence-corrected chi connectivity index (χ0v) is 10.2. The van der Waals surface area contributed by atoms with Crippen LogP contribution in [-0.4, -0.2) is 10.7 Å². The Morgan fingerprint density at radius 2 is 1.88 bits per heavy atom. The molecule has 0 heterocycles. The Labute approximate surface area is 98.5 Å². The zero-order chi connectivity index (χ0) is 11.9. The molecule has 16 heavy (non-hydrogen) atoms. The molecule has 0 saturated carbocycles. The van der Waals surface area contributed by atoms with Crippen LogP contribution in [0.25, 0.3) is 0 Å². The molecule has 86 valence electrons. The van der Waals surface area contributed by atoms with Gasteiger partial charge in [-0.05, 0) is 31.4 Å². The van der Waals surface area contributed by atoms with Crippen LogP contribution in [0.4, 0.5) is 0 Å². The summed E-state index contributed by atoms with van der Waals surface area (Å²) >= 11 is 0. The van der Waals surface area contributed by atoms with Crippen LogP contribution in [0.5, 0.6) is 0 Å². The quantitative estimate of drug-likeness (QED) is 0.765. The van der Waals surface area contributed by atoms with Crippen LogP contribution < -0.4 is 0 Å². The molecule has 0 aliphatic carbocycles. The Morgan fingerprint density at radius 1 is 1.19 bits per heavy atom. The minimum Gasteiger partial charge on any atom is -0.378 e. The van der Waals surface area contributed by atoms with Crippen LogP contribution in [-0.2, 0) is 0 Å². The molecule has 0 radical (unpaired) electrons. The van der Waals surface area contributed by atoms with E-state index in [0.29, 0.717) is 6.42 Å². The van der Waals surface area contributed by atoms with Gasteiger partial charge in [0.2, 0.25) is 0 Å². The summed E-state index contributed by atoms with van der Waals surface area (Å²) in [6.45, 7) is 4.11. The molecule has 0 spiro atoms. The first-order chi connectivity index (χ1) is 7.70. The molecule has 1 aromatic carbocycles. The Morgan fingerprint density at radius 3 is 2.44 bits per heavy atom. The van der Waals surface area contributed by atoms with Crippen LogP contribution in [0.1, 0.15) is 45.1 Å². The predicted octanol–water partition coefficient (Wildman–Crippen LogP) is 3.37. The number of hydrogen-bond acceptors (Lipinski definition) is 1. The standard InChI is InChI=1S/C15H20O/c1-3-5-12-15(16,4-2)13-11-14-9-7-6-8-10-14/h6-10,16H,3-5,12H2,1-2H3/t15-/m0/s1. The van der Waals surface area contributed by atoms with E-state index in [9.17, 15) is 5.11 Å². The van der Waals surface area contributed by atoms with E-state index in [1.807, 2.05) is 37.3 Å². The van der Waals surface area contributed by atoms with Crippen molar-refractivity contribution in [3.05, 3.63) is 35.9 Å². The first kappa shape index (κ1) is 12.8. The van der Waals surface area contributed by atoms with Gasteiger partial charge in [-0.25, -0.2) is 0 Å². The van der Waals surface area contributed by atoms with Gasteiger partial charge in [-0.15, -0.1) is 0 Å². The van der Waals surface area contributed by atoms with E-state index in [0.717, 1.165) is 24.8 Å². The van der Waals surface area contributed by atoms with Gasteiger partial charge in [-0.2, -0.15) is 0 Å². The average molecular weight is 216 g/mol. The molecular formula is C15H20O. The monoisotopic (exact) mass is 216 g/mol. The summed E-state index contributed by atoms with van der Waals surface area (Å²) in [5.74, 6) is 6.05. The summed E-state index contributed by atoms with van der Waals surface area (Å²) in [7, 11) is 0. The van der Waals surface area contributed by atoms with Crippen LogP contribution in [0, 0.1) is 11.8 Å². The molecule has 0 saturated heterocycles. The summed E-state index contributed by atoms with van der Waals surface area (Å²) in [6.07, 6.45) is 3.57. The lowest BCUT2D eigenvalue weighted by Crippen LogP contribution is -2.25. The molecule has 0 fully saturated rings. The lowest BCUT2D eigenvalue weighted by molar-refractivity contribution is 0.0851. The lowest BCUT2D eigenvalue weighted by Gasteiger charge is -2.19. The Balaban J connectivity index is 2.73. The third kappa shape index (κ3) is 4.08. The maximum absolute atomic E-state index is 10.2. The van der Waals surface area contributed by atoms with Crippen molar-refractivity contribution in [2.75, 3.05) is 0 Å². The summed E-state index contributed by atoms with van der Waals surface area (Å²) < 4.78 is 0. The normalized spacial score (nSPS) is 13.7. The SMILES string of the molecule is CCCC[C@](O)(C#Cc1ccccc1)CC. The predicted molar refractivity (Wildman–Crippen MR) is 68.1 cm³/mol. The lowest BCUT2D eigenvalue weighted by atomic mass is 9.94. The number of aliphatic hydroxyl groups is 1. The molecule has 0 aliphatic heterocycles. The van der Waals surface area contributed by atoms with Gasteiger partial charge in [0, 0.05) is 5.56 Å². The molecule has 0 bridgehead atoms. The van der Waals surface area contributed by atoms with Crippen molar-refractivity contribution in [2.24, 2.45) is 0 Å². The van der Waals surface area contributed by atoms with Gasteiger partial charge in [-0.3, -0.25) is 0 Å². The number of benzene rings is 1. The Bertz CT molecular complexity index is 358. The van der Waals surface area contributed by atoms with E-state index in [4.69, 9.17) is 0 Å². The molecule has 0 unspecified atom stereocenters. The first-order valence-corrected chi connectivity index (χ1v) is 6.01. The smallest absolute Gasteiger partial charge is 0.125 e. The van der Waals surface area contributed by atoms with Gasteiger partial charge in [0.05, 0.1) is 0 Å². The summed E-state index contributed by atoms with van der Waals surface area (Å²) in [5.41, 5.74) is 0.150. The van der Waals surface area contributed by atoms with Crippen LogP contribution in [0.3, 0.4) is 0 Å². The van der Waals surface area contributed by atoms with E-state index in [1.54, 1.807) is 0 Å². The maximum atomic E-state index is 10.2. The topological polar surface area (TPSA) is 20.2 Å². The highest BCUT2D eigenvalue weighted by molar-refractivity contribution is 5.35. The highest BCUT2D eigenvalue weighted by atomic mass is 16.3. The van der Waals surface area contributed by atoms with Crippen molar-refractivity contribution in [1.82, 2.24) is 0 Å². The third-order valence-corrected chi connectivity index (χ3v) is 2.74. The fourth-order valence-electron chi connectivity index (χ4n) is 1.51. The van der Waals surface area contributed by atoms with Crippen LogP contribution in [0.2, 0.25) is 0 Å². The van der Waals surface area contributed by atoms with Crippen molar-refractivity contribution in [3.63, 3.8) is 0 Å². The third-order valence-electron chi connectivity index (χ3n) is 2.74. The highest BCUT2D eigenvalue weighted by Crippen LogP contribution is 2.17. The fourth-order valence-corrected chi connectivity index (χ4v) is 1.51. The van der Waals surface area contributed by atoms with Gasteiger partial charge < -0.3 is 5.11 Å². The second-order valence-corrected chi connectivity index (χ2v) is 4.10. The van der Waals surface area contributed by atoms with Gasteiger partial charge in [0.15, 0.2) is 0 Å². The summed E-state index contributed by atoms with van der Waals surface area (Å²) in [6, 6.07) is 9.81. The Kier molecular flexibility index (Phi) is 5.08. The molecule has 0 aromatic heterocycles. The van der Waals surface area contributed by atoms with Gasteiger partial charge in [-0.1, -0.05) is 50.3 Å². The molecular weight excluding hydrogens is 196 g/mol. The molecule has 0 amide bonds. The van der Waals surface area contributed by atoms with Gasteiger partial charge >= 0.3 is 0 Å². The van der Waals surface area contributed by atoms with E-state index < -0.39 is 5.60 Å². The van der Waals surface area contributed by atoms with Gasteiger partial charge in [0.1, 0.15) is 5.60 Å². The van der Waals surface area contributed by atoms with Crippen molar-refractivity contribution < 1.29 is 5.11 Å². The van der Waals surface area contributed by atoms with E-state index >= 15 is 0 Å². The first-order valence-electron chi connectivity index (χ1n) is 6.01. The molecule has 1 N–H and O–H groups in total. The van der Waals surface area contributed by atoms with Crippen LogP contribution >= 0.6 is 0 Å². The summed E-state index contributed by atoms with van der Waals surface area (Å²) in [4.78, 5) is 0. The zero-order valence-electron chi connectivity index (χ0n) is 10.2. The molecule has 1 aromatic rings. The van der Waals surface area contributed by atoms with E-state index in [-0.39, 0.29) is 0 Å². The largest absolute Gasteiger partial charge is 0.378 e. The van der Waals surface area contributed by atoms with Crippen LogP contribution in [0.15, 0.2) is 30.3 Å². The second-order valence-electron chi connectivity index (χ2n) is 4.10. The number of hydrogen-bond donors (Lipinski definition) is 1. The average Bonchev–Trinajstić information content (AvgIpc) is 2.35. The van der Waals surface area contributed by atoms with E-state index in [1.165, 1.54) is 0 Å². The van der Waals surface area contributed by atoms with Crippen molar-refractivity contribution in [2.45, 2.75) is 45.1 Å². The van der Waals surface area contributed by atoms with E-state index in [2.05, 4.69) is 18.8 Å². The number of rotatable bonds is 4. The van der Waals surface area contributed by atoms with Gasteiger partial charge in [0.25, 0.3) is 0 Å². The molecule has 1 atom stereocenters. The fraction of sp³-hybridized carbons (Fsp3) is 0.467. The summed E-state index contributed by atoms with van der Waals surface area (Å²) in [5, 5.41) is 10.2. The van der Waals surface area contributed by atoms with Crippen molar-refractivity contribution >= 4 is 0 Å². The molecule has 1 heteroatoms. The van der Waals surface area contributed by atoms with Crippen molar-refractivity contribution in [3.8, 4) is 11.8 Å². The van der Waals surface area contributed by atoms with Crippen molar-refractivity contribution in [1.29, 1.82) is 0 Å². The molecule has 1 rings (SSSR count). The maximum Gasteiger partial charge on any atom is 0.125 e. The molecule has 1 nitrogen and oxygen atoms in total. The second kappa shape index (κ2) is 6.35.